The van der Waals surface area contributed by atoms with Gasteiger partial charge in [0.1, 0.15) is 6.54 Å². The number of anilines is 3. The first kappa shape index (κ1) is 24.4. The van der Waals surface area contributed by atoms with Crippen molar-refractivity contribution < 1.29 is 13.2 Å². The smallest absolute Gasteiger partial charge is 0.264 e. The molecule has 0 bridgehead atoms. The predicted octanol–water partition coefficient (Wildman–Crippen LogP) is 5.74. The standard InChI is InChI=1S/C25H25Cl2N3O3S/c1-18-4-10-24(11-5-18)34(32,33)30(23-15-19(26)14-20(27)16-23)17-25(31)28-21-6-8-22(9-7-21)29-12-2-3-13-29/h4-11,14-16H,2-3,12-13,17H2,1H3,(H,28,31). The molecule has 0 spiro atoms. The third-order valence-corrected chi connectivity index (χ3v) is 7.88. The summed E-state index contributed by atoms with van der Waals surface area (Å²) < 4.78 is 28.0. The maximum Gasteiger partial charge on any atom is 0.264 e. The summed E-state index contributed by atoms with van der Waals surface area (Å²) in [4.78, 5) is 15.3. The van der Waals surface area contributed by atoms with Crippen LogP contribution in [0.2, 0.25) is 10.0 Å². The Morgan fingerprint density at radius 3 is 2.12 bits per heavy atom. The van der Waals surface area contributed by atoms with Gasteiger partial charge in [-0.25, -0.2) is 8.42 Å². The van der Waals surface area contributed by atoms with E-state index < -0.39 is 22.5 Å². The largest absolute Gasteiger partial charge is 0.372 e. The molecule has 1 aliphatic rings. The Kier molecular flexibility index (Phi) is 7.36. The highest BCUT2D eigenvalue weighted by Crippen LogP contribution is 2.30. The molecule has 1 aliphatic heterocycles. The van der Waals surface area contributed by atoms with Crippen molar-refractivity contribution in [2.24, 2.45) is 0 Å². The van der Waals surface area contributed by atoms with Gasteiger partial charge in [0.15, 0.2) is 0 Å². The van der Waals surface area contributed by atoms with Crippen LogP contribution in [-0.2, 0) is 14.8 Å². The van der Waals surface area contributed by atoms with E-state index in [1.165, 1.54) is 43.2 Å². The number of benzene rings is 3. The van der Waals surface area contributed by atoms with Crippen LogP contribution in [0.1, 0.15) is 18.4 Å². The third-order valence-electron chi connectivity index (χ3n) is 5.65. The SMILES string of the molecule is Cc1ccc(S(=O)(=O)N(CC(=O)Nc2ccc(N3CCCC3)cc2)c2cc(Cl)cc(Cl)c2)cc1. The second kappa shape index (κ2) is 10.3. The average Bonchev–Trinajstić information content (AvgIpc) is 3.32. The third kappa shape index (κ3) is 5.66. The van der Waals surface area contributed by atoms with Gasteiger partial charge in [-0.2, -0.15) is 0 Å². The minimum Gasteiger partial charge on any atom is -0.372 e. The van der Waals surface area contributed by atoms with Gasteiger partial charge in [-0.05, 0) is 74.4 Å². The van der Waals surface area contributed by atoms with E-state index in [0.29, 0.717) is 5.69 Å². The number of nitrogens with one attached hydrogen (secondary N) is 1. The Balaban J connectivity index is 1.58. The number of carbonyl (C=O) groups excluding carboxylic acids is 1. The molecule has 6 nitrogen and oxygen atoms in total. The monoisotopic (exact) mass is 517 g/mol. The zero-order chi connectivity index (χ0) is 24.3. The van der Waals surface area contributed by atoms with Gasteiger partial charge >= 0.3 is 0 Å². The number of hydrogen-bond acceptors (Lipinski definition) is 4. The molecule has 9 heteroatoms. The van der Waals surface area contributed by atoms with Crippen LogP contribution in [0.5, 0.6) is 0 Å². The lowest BCUT2D eigenvalue weighted by molar-refractivity contribution is -0.114. The van der Waals surface area contributed by atoms with Gasteiger partial charge in [-0.15, -0.1) is 0 Å². The fourth-order valence-corrected chi connectivity index (χ4v) is 5.82. The predicted molar refractivity (Wildman–Crippen MR) is 139 cm³/mol. The Labute approximate surface area is 210 Å². The fourth-order valence-electron chi connectivity index (χ4n) is 3.90. The van der Waals surface area contributed by atoms with E-state index in [2.05, 4.69) is 10.2 Å². The number of halogens is 2. The number of aryl methyl sites for hydroxylation is 1. The van der Waals surface area contributed by atoms with Crippen LogP contribution in [0.25, 0.3) is 0 Å². The number of carbonyl (C=O) groups is 1. The second-order valence-electron chi connectivity index (χ2n) is 8.24. The Morgan fingerprint density at radius 1 is 0.941 bits per heavy atom. The van der Waals surface area contributed by atoms with Gasteiger partial charge in [-0.1, -0.05) is 40.9 Å². The van der Waals surface area contributed by atoms with E-state index in [4.69, 9.17) is 23.2 Å². The molecular weight excluding hydrogens is 493 g/mol. The van der Waals surface area contributed by atoms with Gasteiger partial charge in [0.05, 0.1) is 10.6 Å². The zero-order valence-corrected chi connectivity index (χ0v) is 21.0. The summed E-state index contributed by atoms with van der Waals surface area (Å²) in [6.45, 7) is 3.48. The maximum atomic E-state index is 13.5. The topological polar surface area (TPSA) is 69.7 Å². The molecule has 0 atom stereocenters. The normalized spacial score (nSPS) is 13.7. The highest BCUT2D eigenvalue weighted by molar-refractivity contribution is 7.92. The van der Waals surface area contributed by atoms with E-state index >= 15 is 0 Å². The first-order valence-corrected chi connectivity index (χ1v) is 13.1. The second-order valence-corrected chi connectivity index (χ2v) is 11.0. The first-order chi connectivity index (χ1) is 16.2. The average molecular weight is 518 g/mol. The molecule has 1 N–H and O–H groups in total. The molecule has 3 aromatic rings. The van der Waals surface area contributed by atoms with Crippen LogP contribution < -0.4 is 14.5 Å². The van der Waals surface area contributed by atoms with Crippen LogP contribution in [0.15, 0.2) is 71.6 Å². The zero-order valence-electron chi connectivity index (χ0n) is 18.7. The molecule has 0 aliphatic carbocycles. The number of hydrogen-bond donors (Lipinski definition) is 1. The van der Waals surface area contributed by atoms with Gasteiger partial charge < -0.3 is 10.2 Å². The van der Waals surface area contributed by atoms with Crippen LogP contribution in [0, 0.1) is 6.92 Å². The quantitative estimate of drug-likeness (QED) is 0.434. The molecule has 0 unspecified atom stereocenters. The van der Waals surface area contributed by atoms with Crippen LogP contribution in [-0.4, -0.2) is 34.0 Å². The van der Waals surface area contributed by atoms with Crippen molar-refractivity contribution in [3.63, 3.8) is 0 Å². The van der Waals surface area contributed by atoms with Gasteiger partial charge in [0.25, 0.3) is 10.0 Å². The molecule has 1 fully saturated rings. The van der Waals surface area contributed by atoms with E-state index in [0.717, 1.165) is 28.6 Å². The lowest BCUT2D eigenvalue weighted by atomic mass is 10.2. The van der Waals surface area contributed by atoms with Crippen molar-refractivity contribution in [2.75, 3.05) is 34.2 Å². The van der Waals surface area contributed by atoms with Crippen molar-refractivity contribution in [1.29, 1.82) is 0 Å². The molecule has 0 saturated carbocycles. The number of sulfonamides is 1. The fraction of sp³-hybridized carbons (Fsp3) is 0.240. The summed E-state index contributed by atoms with van der Waals surface area (Å²) in [5.41, 5.74) is 2.82. The molecular formula is C25H25Cl2N3O3S. The minimum absolute atomic E-state index is 0.0666. The molecule has 0 aromatic heterocycles. The summed E-state index contributed by atoms with van der Waals surface area (Å²) in [5, 5.41) is 3.33. The summed E-state index contributed by atoms with van der Waals surface area (Å²) in [6, 6.07) is 18.4. The summed E-state index contributed by atoms with van der Waals surface area (Å²) in [5.74, 6) is -0.485. The molecule has 3 aromatic carbocycles. The van der Waals surface area contributed by atoms with Crippen LogP contribution in [0.3, 0.4) is 0 Å². The molecule has 34 heavy (non-hydrogen) atoms. The molecule has 0 radical (unpaired) electrons. The Morgan fingerprint density at radius 2 is 1.53 bits per heavy atom. The van der Waals surface area contributed by atoms with Gasteiger partial charge in [0.2, 0.25) is 5.91 Å². The van der Waals surface area contributed by atoms with Crippen molar-refractivity contribution >= 4 is 56.2 Å². The first-order valence-electron chi connectivity index (χ1n) is 10.9. The highest BCUT2D eigenvalue weighted by Gasteiger charge is 2.28. The van der Waals surface area contributed by atoms with Crippen molar-refractivity contribution in [3.8, 4) is 0 Å². The van der Waals surface area contributed by atoms with E-state index in [-0.39, 0.29) is 20.6 Å². The van der Waals surface area contributed by atoms with E-state index in [9.17, 15) is 13.2 Å². The highest BCUT2D eigenvalue weighted by atomic mass is 35.5. The maximum absolute atomic E-state index is 13.5. The number of rotatable bonds is 7. The van der Waals surface area contributed by atoms with Crippen molar-refractivity contribution in [2.45, 2.75) is 24.7 Å². The van der Waals surface area contributed by atoms with Crippen molar-refractivity contribution in [1.82, 2.24) is 0 Å². The van der Waals surface area contributed by atoms with Crippen LogP contribution in [0.4, 0.5) is 17.1 Å². The molecule has 1 saturated heterocycles. The summed E-state index contributed by atoms with van der Waals surface area (Å²) in [7, 11) is -4.06. The van der Waals surface area contributed by atoms with Crippen LogP contribution >= 0.6 is 23.2 Å². The number of amides is 1. The minimum atomic E-state index is -4.06. The van der Waals surface area contributed by atoms with Gasteiger partial charge in [-0.3, -0.25) is 9.10 Å². The lowest BCUT2D eigenvalue weighted by Crippen LogP contribution is -2.38. The summed E-state index contributed by atoms with van der Waals surface area (Å²) in [6.07, 6.45) is 2.36. The number of nitrogens with zero attached hydrogens (tertiary/aromatic N) is 2. The van der Waals surface area contributed by atoms with Gasteiger partial charge in [0, 0.05) is 34.5 Å². The molecule has 4 rings (SSSR count). The molecule has 1 amide bonds. The lowest BCUT2D eigenvalue weighted by Gasteiger charge is -2.24. The molecule has 1 heterocycles. The molecule has 178 valence electrons. The Hall–Kier alpha value is -2.74. The van der Waals surface area contributed by atoms with E-state index in [1.807, 2.05) is 31.2 Å². The Bertz CT molecular complexity index is 1250. The van der Waals surface area contributed by atoms with E-state index in [1.54, 1.807) is 12.1 Å². The summed E-state index contributed by atoms with van der Waals surface area (Å²) >= 11 is 12.3. The van der Waals surface area contributed by atoms with Crippen molar-refractivity contribution in [3.05, 3.63) is 82.3 Å².